The van der Waals surface area contributed by atoms with Crippen molar-refractivity contribution in [3.8, 4) is 10.7 Å². The highest BCUT2D eigenvalue weighted by atomic mass is 79.9. The van der Waals surface area contributed by atoms with Gasteiger partial charge in [0, 0.05) is 18.9 Å². The lowest BCUT2D eigenvalue weighted by molar-refractivity contribution is -0.145. The van der Waals surface area contributed by atoms with Crippen molar-refractivity contribution in [2.75, 3.05) is 6.54 Å². The molecule has 0 unspecified atom stereocenters. The predicted octanol–water partition coefficient (Wildman–Crippen LogP) is 3.68. The summed E-state index contributed by atoms with van der Waals surface area (Å²) in [6, 6.07) is 1.31. The lowest BCUT2D eigenvalue weighted by Gasteiger charge is -2.30. The summed E-state index contributed by atoms with van der Waals surface area (Å²) in [7, 11) is 0. The molecule has 232 valence electrons. The van der Waals surface area contributed by atoms with Gasteiger partial charge < -0.3 is 25.4 Å². The standard InChI is InChI=1S/C28H36BrN7O6S/c1-27(2,3)42-26(41)30-18-10-8-6-4-5-7-9-16-14-28(16,25(39)40)31-23(37)19-13-17(15-35(19)24(18)38)36-33-22(32-34-36)20-11-12-21(29)43-20/h7,9,11-12,16-19H,4-6,8,10,13-15H2,1-3H3,(H,30,41)(H,31,37)(H,39,40)/b9-7-/t16-,17-,18+,19-,28-/m0/s1. The van der Waals surface area contributed by atoms with Gasteiger partial charge in [0.15, 0.2) is 0 Å². The highest BCUT2D eigenvalue weighted by Crippen LogP contribution is 2.45. The second-order valence-electron chi connectivity index (χ2n) is 12.3. The lowest BCUT2D eigenvalue weighted by Crippen LogP contribution is -2.56. The molecule has 4 heterocycles. The summed E-state index contributed by atoms with van der Waals surface area (Å²) in [4.78, 5) is 56.5. The number of hydrogen-bond donors (Lipinski definition) is 3. The van der Waals surface area contributed by atoms with Crippen LogP contribution in [0.3, 0.4) is 0 Å². The maximum atomic E-state index is 14.1. The number of amides is 3. The number of aromatic nitrogens is 4. The number of carboxylic acid groups (broad SMARTS) is 1. The van der Waals surface area contributed by atoms with Crippen molar-refractivity contribution in [3.63, 3.8) is 0 Å². The quantitative estimate of drug-likeness (QED) is 0.409. The van der Waals surface area contributed by atoms with Gasteiger partial charge in [-0.1, -0.05) is 25.0 Å². The second kappa shape index (κ2) is 12.3. The first kappa shape index (κ1) is 31.1. The van der Waals surface area contributed by atoms with Gasteiger partial charge in [0.25, 0.3) is 0 Å². The van der Waals surface area contributed by atoms with Crippen LogP contribution in [0, 0.1) is 5.92 Å². The number of nitrogens with one attached hydrogen (secondary N) is 2. The minimum atomic E-state index is -1.42. The highest BCUT2D eigenvalue weighted by Gasteiger charge is 2.61. The number of ether oxygens (including phenoxy) is 1. The number of halogens is 1. The van der Waals surface area contributed by atoms with Gasteiger partial charge in [-0.15, -0.1) is 21.5 Å². The predicted molar refractivity (Wildman–Crippen MR) is 160 cm³/mol. The van der Waals surface area contributed by atoms with E-state index in [4.69, 9.17) is 4.74 Å². The van der Waals surface area contributed by atoms with Gasteiger partial charge in [-0.2, -0.15) is 4.80 Å². The number of carbonyl (C=O) groups excluding carboxylic acids is 3. The second-order valence-corrected chi connectivity index (χ2v) is 14.7. The van der Waals surface area contributed by atoms with Crippen LogP contribution >= 0.6 is 27.3 Å². The van der Waals surface area contributed by atoms with E-state index in [1.807, 2.05) is 24.3 Å². The van der Waals surface area contributed by atoms with Gasteiger partial charge in [-0.3, -0.25) is 9.59 Å². The molecule has 1 saturated heterocycles. The van der Waals surface area contributed by atoms with Crippen LogP contribution < -0.4 is 10.6 Å². The summed E-state index contributed by atoms with van der Waals surface area (Å²) >= 11 is 4.88. The molecule has 1 saturated carbocycles. The molecule has 0 aromatic carbocycles. The Morgan fingerprint density at radius 1 is 1.23 bits per heavy atom. The molecule has 3 aliphatic rings. The Hall–Kier alpha value is -3.33. The highest BCUT2D eigenvalue weighted by molar-refractivity contribution is 9.11. The Bertz CT molecular complexity index is 1420. The van der Waals surface area contributed by atoms with Crippen molar-refractivity contribution < 1.29 is 29.0 Å². The van der Waals surface area contributed by atoms with Crippen LogP contribution in [0.2, 0.25) is 0 Å². The summed E-state index contributed by atoms with van der Waals surface area (Å²) in [5.74, 6) is -2.03. The van der Waals surface area contributed by atoms with Crippen LogP contribution in [-0.2, 0) is 19.1 Å². The molecule has 13 nitrogen and oxygen atoms in total. The van der Waals surface area contributed by atoms with E-state index in [2.05, 4.69) is 42.0 Å². The van der Waals surface area contributed by atoms with E-state index in [-0.39, 0.29) is 25.3 Å². The average Bonchev–Trinajstić information content (AvgIpc) is 3.35. The largest absolute Gasteiger partial charge is 0.479 e. The van der Waals surface area contributed by atoms with Crippen molar-refractivity contribution >= 4 is 51.1 Å². The van der Waals surface area contributed by atoms with Gasteiger partial charge in [-0.25, -0.2) is 9.59 Å². The maximum Gasteiger partial charge on any atom is 0.408 e. The Morgan fingerprint density at radius 2 is 2.02 bits per heavy atom. The maximum absolute atomic E-state index is 14.1. The minimum Gasteiger partial charge on any atom is -0.479 e. The molecule has 2 aromatic heterocycles. The van der Waals surface area contributed by atoms with Crippen LogP contribution in [0.1, 0.15) is 71.8 Å². The lowest BCUT2D eigenvalue weighted by atomic mass is 10.0. The number of fused-ring (bicyclic) bond motifs is 2. The number of allylic oxidation sites excluding steroid dienone is 1. The first-order valence-electron chi connectivity index (χ1n) is 14.4. The van der Waals surface area contributed by atoms with Crippen molar-refractivity contribution in [3.05, 3.63) is 28.1 Å². The topological polar surface area (TPSA) is 169 Å². The molecular weight excluding hydrogens is 642 g/mol. The number of carbonyl (C=O) groups is 4. The summed E-state index contributed by atoms with van der Waals surface area (Å²) in [6.45, 7) is 5.29. The summed E-state index contributed by atoms with van der Waals surface area (Å²) in [6.07, 6.45) is 6.97. The minimum absolute atomic E-state index is 0.0801. The third-order valence-electron chi connectivity index (χ3n) is 7.88. The van der Waals surface area contributed by atoms with E-state index in [9.17, 15) is 24.3 Å². The van der Waals surface area contributed by atoms with Crippen molar-refractivity contribution in [1.29, 1.82) is 0 Å². The first-order valence-corrected chi connectivity index (χ1v) is 16.0. The molecule has 43 heavy (non-hydrogen) atoms. The Labute approximate surface area is 261 Å². The Morgan fingerprint density at radius 3 is 2.72 bits per heavy atom. The van der Waals surface area contributed by atoms with Gasteiger partial charge in [0.05, 0.1) is 14.7 Å². The van der Waals surface area contributed by atoms with Crippen LogP contribution in [0.5, 0.6) is 0 Å². The Balaban J connectivity index is 1.44. The van der Waals surface area contributed by atoms with E-state index in [1.54, 1.807) is 20.8 Å². The van der Waals surface area contributed by atoms with Crippen LogP contribution in [0.4, 0.5) is 4.79 Å². The molecule has 3 N–H and O–H groups in total. The number of thiophene rings is 1. The fraction of sp³-hybridized carbons (Fsp3) is 0.607. The monoisotopic (exact) mass is 677 g/mol. The molecular formula is C28H36BrN7O6S. The molecule has 5 atom stereocenters. The number of carboxylic acids is 1. The molecule has 2 aromatic rings. The number of nitrogens with zero attached hydrogens (tertiary/aromatic N) is 5. The number of aliphatic carboxylic acids is 1. The van der Waals surface area contributed by atoms with Crippen LogP contribution in [-0.4, -0.2) is 83.9 Å². The van der Waals surface area contributed by atoms with Gasteiger partial charge in [-0.05, 0) is 79.7 Å². The summed E-state index contributed by atoms with van der Waals surface area (Å²) < 4.78 is 6.35. The third-order valence-corrected chi connectivity index (χ3v) is 9.50. The zero-order valence-corrected chi connectivity index (χ0v) is 26.7. The molecule has 0 bridgehead atoms. The van der Waals surface area contributed by atoms with Crippen molar-refractivity contribution in [2.24, 2.45) is 5.92 Å². The average molecular weight is 679 g/mol. The molecule has 1 aliphatic carbocycles. The van der Waals surface area contributed by atoms with E-state index >= 15 is 0 Å². The van der Waals surface area contributed by atoms with Crippen molar-refractivity contribution in [1.82, 2.24) is 35.7 Å². The van der Waals surface area contributed by atoms with Gasteiger partial charge in [0.2, 0.25) is 17.6 Å². The van der Waals surface area contributed by atoms with Gasteiger partial charge >= 0.3 is 12.1 Å². The van der Waals surface area contributed by atoms with Gasteiger partial charge in [0.1, 0.15) is 23.2 Å². The smallest absolute Gasteiger partial charge is 0.408 e. The number of alkyl carbamates (subject to hydrolysis) is 1. The number of hydrogen-bond acceptors (Lipinski definition) is 9. The number of rotatable bonds is 4. The number of tetrazole rings is 1. The SMILES string of the molecule is CC(C)(C)OC(=O)N[C@@H]1CCCCC/C=C\[C@H]2C[C@]2(C(=O)O)NC(=O)[C@@H]2C[C@H](n3nnc(-c4ccc(Br)s4)n3)CN2C1=O. The van der Waals surface area contributed by atoms with E-state index in [0.717, 1.165) is 27.9 Å². The van der Waals surface area contributed by atoms with Crippen LogP contribution in [0.25, 0.3) is 10.7 Å². The van der Waals surface area contributed by atoms with E-state index in [0.29, 0.717) is 18.7 Å². The normalized spacial score (nSPS) is 29.0. The molecule has 5 rings (SSSR count). The fourth-order valence-corrected chi connectivity index (χ4v) is 6.92. The molecule has 15 heteroatoms. The molecule has 0 radical (unpaired) electrons. The molecule has 3 amide bonds. The summed E-state index contributed by atoms with van der Waals surface area (Å²) in [5, 5.41) is 28.4. The molecule has 2 fully saturated rings. The fourth-order valence-electron chi connectivity index (χ4n) is 5.61. The third kappa shape index (κ3) is 7.08. The van der Waals surface area contributed by atoms with Crippen molar-refractivity contribution in [2.45, 2.75) is 95.0 Å². The van der Waals surface area contributed by atoms with Crippen LogP contribution in [0.15, 0.2) is 28.1 Å². The molecule has 2 aliphatic heterocycles. The first-order chi connectivity index (χ1) is 20.4. The zero-order chi connectivity index (χ0) is 30.9. The zero-order valence-electron chi connectivity index (χ0n) is 24.3. The van der Waals surface area contributed by atoms with E-state index < -0.39 is 53.1 Å². The molecule has 0 spiro atoms. The Kier molecular flexibility index (Phi) is 8.93. The summed E-state index contributed by atoms with van der Waals surface area (Å²) in [5.41, 5.74) is -2.18. The van der Waals surface area contributed by atoms with E-state index in [1.165, 1.54) is 21.0 Å².